The molecular weight excluding hydrogens is 370 g/mol. The third-order valence-electron chi connectivity index (χ3n) is 4.41. The van der Waals surface area contributed by atoms with Crippen LogP contribution in [0.25, 0.3) is 0 Å². The van der Waals surface area contributed by atoms with Crippen LogP contribution in [0.3, 0.4) is 0 Å². The first-order valence-electron chi connectivity index (χ1n) is 9.26. The van der Waals surface area contributed by atoms with Crippen molar-refractivity contribution in [3.8, 4) is 0 Å². The van der Waals surface area contributed by atoms with Crippen LogP contribution in [0.2, 0.25) is 0 Å². The summed E-state index contributed by atoms with van der Waals surface area (Å²) in [6.45, 7) is 2.27. The van der Waals surface area contributed by atoms with Crippen LogP contribution >= 0.6 is 11.3 Å². The number of hydrogen-bond acceptors (Lipinski definition) is 3. The molecule has 28 heavy (non-hydrogen) atoms. The highest BCUT2D eigenvalue weighted by molar-refractivity contribution is 7.10. The van der Waals surface area contributed by atoms with Crippen molar-refractivity contribution >= 4 is 23.3 Å². The van der Waals surface area contributed by atoms with Crippen LogP contribution in [0.1, 0.15) is 35.0 Å². The van der Waals surface area contributed by atoms with Crippen molar-refractivity contribution in [1.29, 1.82) is 0 Å². The number of amides is 3. The lowest BCUT2D eigenvalue weighted by Crippen LogP contribution is -2.88. The second-order valence-electron chi connectivity index (χ2n) is 6.33. The van der Waals surface area contributed by atoms with Gasteiger partial charge in [0.25, 0.3) is 5.91 Å². The van der Waals surface area contributed by atoms with Crippen LogP contribution < -0.4 is 16.0 Å². The van der Waals surface area contributed by atoms with E-state index in [1.54, 1.807) is 11.3 Å². The van der Waals surface area contributed by atoms with E-state index in [9.17, 15) is 9.59 Å². The van der Waals surface area contributed by atoms with E-state index in [0.717, 1.165) is 16.0 Å². The van der Waals surface area contributed by atoms with E-state index >= 15 is 0 Å². The van der Waals surface area contributed by atoms with E-state index in [2.05, 4.69) is 28.8 Å². The van der Waals surface area contributed by atoms with E-state index in [4.69, 9.17) is 0 Å². The largest absolute Gasteiger partial charge is 0.338 e. The Morgan fingerprint density at radius 1 is 0.929 bits per heavy atom. The highest BCUT2D eigenvalue weighted by Gasteiger charge is 2.31. The molecule has 0 unspecified atom stereocenters. The van der Waals surface area contributed by atoms with Gasteiger partial charge in [-0.15, -0.1) is 11.3 Å². The van der Waals surface area contributed by atoms with Crippen molar-refractivity contribution in [2.24, 2.45) is 0 Å². The second kappa shape index (κ2) is 9.82. The molecule has 0 saturated heterocycles. The van der Waals surface area contributed by atoms with Gasteiger partial charge in [-0.25, -0.2) is 4.79 Å². The van der Waals surface area contributed by atoms with Gasteiger partial charge in [0.2, 0.25) is 0 Å². The number of thiophene rings is 1. The molecule has 0 aliphatic heterocycles. The molecule has 0 fully saturated rings. The smallest absolute Gasteiger partial charge is 0.321 e. The van der Waals surface area contributed by atoms with Crippen molar-refractivity contribution < 1.29 is 14.9 Å². The topological polar surface area (TPSA) is 74.8 Å². The van der Waals surface area contributed by atoms with Crippen molar-refractivity contribution in [1.82, 2.24) is 10.6 Å². The fourth-order valence-corrected chi connectivity index (χ4v) is 3.93. The second-order valence-corrected chi connectivity index (χ2v) is 7.31. The highest BCUT2D eigenvalue weighted by Crippen LogP contribution is 2.24. The quantitative estimate of drug-likeness (QED) is 0.576. The molecule has 4 N–H and O–H groups in total. The van der Waals surface area contributed by atoms with Crippen LogP contribution in [-0.2, 0) is 4.79 Å². The summed E-state index contributed by atoms with van der Waals surface area (Å²) in [6.07, 6.45) is 0. The van der Waals surface area contributed by atoms with Gasteiger partial charge in [0.05, 0.1) is 4.88 Å². The third kappa shape index (κ3) is 5.06. The summed E-state index contributed by atoms with van der Waals surface area (Å²) in [4.78, 5) is 26.0. The molecule has 0 saturated carbocycles. The van der Waals surface area contributed by atoms with Gasteiger partial charge < -0.3 is 10.6 Å². The standard InChI is InChI=1S/C22H23N3O2S/c1-2-23-22(27)25-21(26)20(17-12-7-4-8-13-17)24-19(18-14-9-15-28-18)16-10-5-3-6-11-16/h3-15,19-20,24H,2H2,1H3,(H2,23,25,26,27)/p+1/t19-,20-/m0/s1. The van der Waals surface area contributed by atoms with Gasteiger partial charge in [0.1, 0.15) is 6.04 Å². The molecule has 144 valence electrons. The molecule has 6 heteroatoms. The first-order chi connectivity index (χ1) is 13.7. The predicted octanol–water partition coefficient (Wildman–Crippen LogP) is 2.99. The van der Waals surface area contributed by atoms with Crippen LogP contribution in [-0.4, -0.2) is 18.5 Å². The molecule has 0 radical (unpaired) electrons. The molecule has 3 amide bonds. The summed E-state index contributed by atoms with van der Waals surface area (Å²) < 4.78 is 0. The minimum Gasteiger partial charge on any atom is -0.338 e. The number of nitrogens with one attached hydrogen (secondary N) is 2. The van der Waals surface area contributed by atoms with Crippen molar-refractivity contribution in [3.63, 3.8) is 0 Å². The molecular formula is C22H24N3O2S+. The molecule has 2 aromatic carbocycles. The van der Waals surface area contributed by atoms with Gasteiger partial charge in [-0.1, -0.05) is 66.7 Å². The number of nitrogens with two attached hydrogens (primary N) is 1. The average molecular weight is 395 g/mol. The Kier molecular flexibility index (Phi) is 6.94. The Balaban J connectivity index is 1.92. The summed E-state index contributed by atoms with van der Waals surface area (Å²) in [5, 5.41) is 9.13. The Hall–Kier alpha value is -2.96. The van der Waals surface area contributed by atoms with E-state index in [-0.39, 0.29) is 11.9 Å². The van der Waals surface area contributed by atoms with Crippen LogP contribution in [0.5, 0.6) is 0 Å². The minimum atomic E-state index is -0.559. The zero-order chi connectivity index (χ0) is 19.8. The van der Waals surface area contributed by atoms with E-state index in [1.165, 1.54) is 0 Å². The molecule has 5 nitrogen and oxygen atoms in total. The van der Waals surface area contributed by atoms with Gasteiger partial charge in [0.15, 0.2) is 6.04 Å². The minimum absolute atomic E-state index is 0.0496. The first-order valence-corrected chi connectivity index (χ1v) is 10.1. The summed E-state index contributed by atoms with van der Waals surface area (Å²) in [5.74, 6) is -0.338. The van der Waals surface area contributed by atoms with Gasteiger partial charge in [-0.2, -0.15) is 0 Å². The number of quaternary nitrogens is 1. The lowest BCUT2D eigenvalue weighted by atomic mass is 10.0. The number of hydrogen-bond donors (Lipinski definition) is 3. The predicted molar refractivity (Wildman–Crippen MR) is 111 cm³/mol. The molecule has 1 aromatic heterocycles. The zero-order valence-corrected chi connectivity index (χ0v) is 16.5. The Morgan fingerprint density at radius 3 is 2.14 bits per heavy atom. The monoisotopic (exact) mass is 394 g/mol. The van der Waals surface area contributed by atoms with Crippen LogP contribution in [0.4, 0.5) is 4.79 Å². The van der Waals surface area contributed by atoms with E-state index < -0.39 is 12.1 Å². The van der Waals surface area contributed by atoms with Crippen LogP contribution in [0.15, 0.2) is 78.2 Å². The van der Waals surface area contributed by atoms with Gasteiger partial charge >= 0.3 is 6.03 Å². The number of rotatable bonds is 7. The Bertz CT molecular complexity index is 883. The molecule has 2 atom stereocenters. The summed E-state index contributed by atoms with van der Waals surface area (Å²) in [5.41, 5.74) is 1.96. The molecule has 3 aromatic rings. The molecule has 3 rings (SSSR count). The first kappa shape index (κ1) is 19.8. The maximum absolute atomic E-state index is 13.0. The summed E-state index contributed by atoms with van der Waals surface area (Å²) in [6, 6.07) is 22.6. The maximum atomic E-state index is 13.0. The summed E-state index contributed by atoms with van der Waals surface area (Å²) in [7, 11) is 0. The van der Waals surface area contributed by atoms with Crippen molar-refractivity contribution in [3.05, 3.63) is 94.2 Å². The number of imide groups is 1. The van der Waals surface area contributed by atoms with E-state index in [0.29, 0.717) is 6.54 Å². The van der Waals surface area contributed by atoms with Crippen molar-refractivity contribution in [2.75, 3.05) is 6.54 Å². The van der Waals surface area contributed by atoms with Crippen LogP contribution in [0, 0.1) is 0 Å². The number of carbonyl (C=O) groups is 2. The molecule has 0 spiro atoms. The normalized spacial score (nSPS) is 12.8. The molecule has 1 heterocycles. The zero-order valence-electron chi connectivity index (χ0n) is 15.7. The molecule has 0 aliphatic rings. The molecule has 0 aliphatic carbocycles. The maximum Gasteiger partial charge on any atom is 0.321 e. The van der Waals surface area contributed by atoms with E-state index in [1.807, 2.05) is 72.2 Å². The Labute approximate surface area is 168 Å². The fraction of sp³-hybridized carbons (Fsp3) is 0.182. The number of benzene rings is 2. The van der Waals surface area contributed by atoms with Crippen molar-refractivity contribution in [2.45, 2.75) is 19.0 Å². The lowest BCUT2D eigenvalue weighted by Gasteiger charge is -2.22. The van der Waals surface area contributed by atoms with Gasteiger partial charge in [-0.05, 0) is 18.4 Å². The van der Waals surface area contributed by atoms with Gasteiger partial charge in [0, 0.05) is 17.7 Å². The lowest BCUT2D eigenvalue weighted by molar-refractivity contribution is -0.713. The number of carbonyl (C=O) groups excluding carboxylic acids is 2. The Morgan fingerprint density at radius 2 is 1.57 bits per heavy atom. The molecule has 0 bridgehead atoms. The highest BCUT2D eigenvalue weighted by atomic mass is 32.1. The van der Waals surface area contributed by atoms with Gasteiger partial charge in [-0.3, -0.25) is 10.1 Å². The summed E-state index contributed by atoms with van der Waals surface area (Å²) >= 11 is 1.65. The number of urea groups is 1. The fourth-order valence-electron chi connectivity index (χ4n) is 3.10. The SMILES string of the molecule is CCNC(=O)NC(=O)[C@@H]([NH2+][C@@H](c1ccccc1)c1cccs1)c1ccccc1. The average Bonchev–Trinajstić information content (AvgIpc) is 3.24. The third-order valence-corrected chi connectivity index (χ3v) is 5.36.